The molecule has 4 heteroatoms. The van der Waals surface area contributed by atoms with Crippen LogP contribution in [0.4, 0.5) is 0 Å². The quantitative estimate of drug-likeness (QED) is 0.631. The molecule has 0 radical (unpaired) electrons. The van der Waals surface area contributed by atoms with Crippen LogP contribution in [0.25, 0.3) is 0 Å². The van der Waals surface area contributed by atoms with Crippen molar-refractivity contribution < 1.29 is 14.6 Å². The number of hydrogen-bond acceptors (Lipinski definition) is 4. The van der Waals surface area contributed by atoms with E-state index in [2.05, 4.69) is 0 Å². The highest BCUT2D eigenvalue weighted by Crippen LogP contribution is 2.09. The van der Waals surface area contributed by atoms with Crippen molar-refractivity contribution in [2.45, 2.75) is 51.9 Å². The first-order chi connectivity index (χ1) is 5.72. The van der Waals surface area contributed by atoms with Crippen LogP contribution in [-0.2, 0) is 9.53 Å². The number of rotatable bonds is 3. The van der Waals surface area contributed by atoms with E-state index in [1.54, 1.807) is 27.7 Å². The SMILES string of the molecule is CC(O)CC(N)C(=O)OC(C)(C)C. The molecule has 2 atom stereocenters. The number of carbonyl (C=O) groups excluding carboxylic acids is 1. The molecule has 0 bridgehead atoms. The van der Waals surface area contributed by atoms with Crippen LogP contribution in [0.5, 0.6) is 0 Å². The Bertz CT molecular complexity index is 172. The molecule has 0 aliphatic rings. The van der Waals surface area contributed by atoms with Gasteiger partial charge in [-0.3, -0.25) is 4.79 Å². The Labute approximate surface area is 79.1 Å². The maximum Gasteiger partial charge on any atom is 0.323 e. The molecule has 4 nitrogen and oxygen atoms in total. The minimum Gasteiger partial charge on any atom is -0.459 e. The Morgan fingerprint density at radius 3 is 2.31 bits per heavy atom. The van der Waals surface area contributed by atoms with Crippen molar-refractivity contribution in [2.75, 3.05) is 0 Å². The van der Waals surface area contributed by atoms with Crippen molar-refractivity contribution in [3.8, 4) is 0 Å². The Morgan fingerprint density at radius 2 is 2.00 bits per heavy atom. The lowest BCUT2D eigenvalue weighted by Crippen LogP contribution is -2.39. The van der Waals surface area contributed by atoms with Gasteiger partial charge in [0.2, 0.25) is 0 Å². The lowest BCUT2D eigenvalue weighted by molar-refractivity contribution is -0.157. The highest BCUT2D eigenvalue weighted by atomic mass is 16.6. The van der Waals surface area contributed by atoms with Gasteiger partial charge in [0.15, 0.2) is 0 Å². The molecule has 13 heavy (non-hydrogen) atoms. The second-order valence-electron chi connectivity index (χ2n) is 4.22. The summed E-state index contributed by atoms with van der Waals surface area (Å²) in [5.74, 6) is -0.464. The third-order valence-electron chi connectivity index (χ3n) is 1.30. The molecule has 0 aromatic heterocycles. The van der Waals surface area contributed by atoms with E-state index in [0.717, 1.165) is 0 Å². The lowest BCUT2D eigenvalue weighted by atomic mass is 10.1. The van der Waals surface area contributed by atoms with Gasteiger partial charge in [-0.1, -0.05) is 0 Å². The van der Waals surface area contributed by atoms with E-state index in [4.69, 9.17) is 15.6 Å². The Kier molecular flexibility index (Phi) is 4.36. The lowest BCUT2D eigenvalue weighted by Gasteiger charge is -2.22. The molecule has 2 unspecified atom stereocenters. The van der Waals surface area contributed by atoms with Crippen molar-refractivity contribution in [1.82, 2.24) is 0 Å². The molecule has 0 aromatic rings. The van der Waals surface area contributed by atoms with E-state index in [9.17, 15) is 4.79 Å². The second-order valence-corrected chi connectivity index (χ2v) is 4.22. The van der Waals surface area contributed by atoms with Crippen molar-refractivity contribution in [2.24, 2.45) is 5.73 Å². The van der Waals surface area contributed by atoms with Gasteiger partial charge in [0.1, 0.15) is 11.6 Å². The highest BCUT2D eigenvalue weighted by Gasteiger charge is 2.22. The first-order valence-corrected chi connectivity index (χ1v) is 4.39. The summed E-state index contributed by atoms with van der Waals surface area (Å²) in [7, 11) is 0. The minimum atomic E-state index is -0.737. The molecule has 0 spiro atoms. The first kappa shape index (κ1) is 12.4. The summed E-state index contributed by atoms with van der Waals surface area (Å²) in [5, 5.41) is 8.98. The molecule has 0 amide bonds. The number of carbonyl (C=O) groups is 1. The average Bonchev–Trinajstić information content (AvgIpc) is 1.81. The third-order valence-corrected chi connectivity index (χ3v) is 1.30. The molecule has 0 saturated carbocycles. The molecule has 0 aliphatic carbocycles. The van der Waals surface area contributed by atoms with Gasteiger partial charge in [0.05, 0.1) is 6.10 Å². The van der Waals surface area contributed by atoms with E-state index in [0.29, 0.717) is 0 Å². The zero-order chi connectivity index (χ0) is 10.6. The number of aliphatic hydroxyl groups is 1. The van der Waals surface area contributed by atoms with E-state index in [1.807, 2.05) is 0 Å². The Morgan fingerprint density at radius 1 is 1.54 bits per heavy atom. The maximum absolute atomic E-state index is 11.2. The predicted molar refractivity (Wildman–Crippen MR) is 50.1 cm³/mol. The molecule has 0 aromatic carbocycles. The van der Waals surface area contributed by atoms with Gasteiger partial charge in [-0.25, -0.2) is 0 Å². The van der Waals surface area contributed by atoms with Gasteiger partial charge in [0.25, 0.3) is 0 Å². The molecule has 0 rings (SSSR count). The van der Waals surface area contributed by atoms with Gasteiger partial charge in [-0.05, 0) is 34.1 Å². The summed E-state index contributed by atoms with van der Waals surface area (Å²) in [4.78, 5) is 11.2. The van der Waals surface area contributed by atoms with E-state index < -0.39 is 23.7 Å². The molecule has 0 saturated heterocycles. The number of aliphatic hydroxyl groups excluding tert-OH is 1. The van der Waals surface area contributed by atoms with E-state index >= 15 is 0 Å². The maximum atomic E-state index is 11.2. The van der Waals surface area contributed by atoms with Crippen LogP contribution in [0.3, 0.4) is 0 Å². The van der Waals surface area contributed by atoms with Crippen LogP contribution >= 0.6 is 0 Å². The standard InChI is InChI=1S/C9H19NO3/c1-6(11)5-7(10)8(12)13-9(2,3)4/h6-7,11H,5,10H2,1-4H3. The predicted octanol–water partition coefficient (Wildman–Crippen LogP) is 0.426. The summed E-state index contributed by atoms with van der Waals surface area (Å²) in [6.45, 7) is 6.92. The summed E-state index contributed by atoms with van der Waals surface area (Å²) >= 11 is 0. The molecule has 0 fully saturated rings. The van der Waals surface area contributed by atoms with Crippen LogP contribution < -0.4 is 5.73 Å². The summed E-state index contributed by atoms with van der Waals surface area (Å²) in [6, 6.07) is -0.737. The highest BCUT2D eigenvalue weighted by molar-refractivity contribution is 5.75. The molecule has 78 valence electrons. The van der Waals surface area contributed by atoms with Crippen LogP contribution in [0, 0.1) is 0 Å². The second kappa shape index (κ2) is 4.58. The zero-order valence-electron chi connectivity index (χ0n) is 8.70. The average molecular weight is 189 g/mol. The van der Waals surface area contributed by atoms with Crippen molar-refractivity contribution in [3.63, 3.8) is 0 Å². The summed E-state index contributed by atoms with van der Waals surface area (Å²) < 4.78 is 5.03. The van der Waals surface area contributed by atoms with E-state index in [-0.39, 0.29) is 6.42 Å². The smallest absolute Gasteiger partial charge is 0.323 e. The fourth-order valence-electron chi connectivity index (χ4n) is 0.841. The van der Waals surface area contributed by atoms with Gasteiger partial charge in [-0.15, -0.1) is 0 Å². The van der Waals surface area contributed by atoms with Crippen LogP contribution in [0.15, 0.2) is 0 Å². The molecule has 0 aliphatic heterocycles. The molecule has 0 heterocycles. The number of esters is 1. The Hall–Kier alpha value is -0.610. The van der Waals surface area contributed by atoms with Gasteiger partial charge < -0.3 is 15.6 Å². The van der Waals surface area contributed by atoms with Crippen molar-refractivity contribution in [3.05, 3.63) is 0 Å². The van der Waals surface area contributed by atoms with Crippen LogP contribution in [-0.4, -0.2) is 28.8 Å². The largest absolute Gasteiger partial charge is 0.459 e. The summed E-state index contributed by atoms with van der Waals surface area (Å²) in [6.07, 6.45) is -0.350. The van der Waals surface area contributed by atoms with Crippen LogP contribution in [0.1, 0.15) is 34.1 Å². The molecule has 3 N–H and O–H groups in total. The van der Waals surface area contributed by atoms with Crippen LogP contribution in [0.2, 0.25) is 0 Å². The van der Waals surface area contributed by atoms with Gasteiger partial charge >= 0.3 is 5.97 Å². The van der Waals surface area contributed by atoms with Gasteiger partial charge in [-0.2, -0.15) is 0 Å². The van der Waals surface area contributed by atoms with Crippen molar-refractivity contribution in [1.29, 1.82) is 0 Å². The first-order valence-electron chi connectivity index (χ1n) is 4.39. The van der Waals surface area contributed by atoms with Gasteiger partial charge in [0, 0.05) is 0 Å². The van der Waals surface area contributed by atoms with E-state index in [1.165, 1.54) is 0 Å². The normalized spacial score (nSPS) is 16.5. The molecular formula is C9H19NO3. The third kappa shape index (κ3) is 6.54. The zero-order valence-corrected chi connectivity index (χ0v) is 8.70. The Balaban J connectivity index is 3.97. The fraction of sp³-hybridized carbons (Fsp3) is 0.889. The fourth-order valence-corrected chi connectivity index (χ4v) is 0.841. The number of ether oxygens (including phenoxy) is 1. The topological polar surface area (TPSA) is 72.5 Å². The van der Waals surface area contributed by atoms with Crippen molar-refractivity contribution >= 4 is 5.97 Å². The molecular weight excluding hydrogens is 170 g/mol. The number of nitrogens with two attached hydrogens (primary N) is 1. The minimum absolute atomic E-state index is 0.231. The number of hydrogen-bond donors (Lipinski definition) is 2. The monoisotopic (exact) mass is 189 g/mol. The summed E-state index contributed by atoms with van der Waals surface area (Å²) in [5.41, 5.74) is 4.97.